The van der Waals surface area contributed by atoms with Crippen LogP contribution < -0.4 is 0 Å². The molecule has 1 heterocycles. The number of hydrogen-bond acceptors (Lipinski definition) is 4. The van der Waals surface area contributed by atoms with Crippen LogP contribution in [-0.4, -0.2) is 33.6 Å². The maximum Gasteiger partial charge on any atom is 0.272 e. The highest BCUT2D eigenvalue weighted by Crippen LogP contribution is 2.26. The molecule has 0 unspecified atom stereocenters. The Morgan fingerprint density at radius 2 is 2.25 bits per heavy atom. The molecular weight excluding hydrogens is 256 g/mol. The highest BCUT2D eigenvalue weighted by Gasteiger charge is 2.27. The smallest absolute Gasteiger partial charge is 0.272 e. The zero-order valence-electron chi connectivity index (χ0n) is 12.1. The third-order valence-corrected chi connectivity index (χ3v) is 4.21. The lowest BCUT2D eigenvalue weighted by molar-refractivity contribution is -0.385. The normalized spacial score (nSPS) is 21.6. The largest absolute Gasteiger partial charge is 0.392 e. The number of aliphatic hydroxyl groups excluding tert-OH is 1. The van der Waals surface area contributed by atoms with E-state index < -0.39 is 0 Å². The molecular formula is C15H22N2O3. The fourth-order valence-corrected chi connectivity index (χ4v) is 3.02. The first-order chi connectivity index (χ1) is 9.50. The Morgan fingerprint density at radius 1 is 1.50 bits per heavy atom. The van der Waals surface area contributed by atoms with Crippen molar-refractivity contribution in [1.82, 2.24) is 4.90 Å². The maximum absolute atomic E-state index is 11.0. The highest BCUT2D eigenvalue weighted by atomic mass is 16.6. The Morgan fingerprint density at radius 3 is 2.90 bits per heavy atom. The predicted molar refractivity (Wildman–Crippen MR) is 77.6 cm³/mol. The number of nitro groups is 1. The molecule has 2 atom stereocenters. The number of rotatable bonds is 4. The van der Waals surface area contributed by atoms with Gasteiger partial charge in [0.1, 0.15) is 0 Å². The predicted octanol–water partition coefficient (Wildman–Crippen LogP) is 2.64. The van der Waals surface area contributed by atoms with E-state index >= 15 is 0 Å². The number of nitrogens with zero attached hydrogens (tertiary/aromatic N) is 2. The average molecular weight is 278 g/mol. The van der Waals surface area contributed by atoms with E-state index in [9.17, 15) is 15.2 Å². The first kappa shape index (κ1) is 14.9. The van der Waals surface area contributed by atoms with Gasteiger partial charge < -0.3 is 5.11 Å². The molecule has 1 fully saturated rings. The van der Waals surface area contributed by atoms with Gasteiger partial charge >= 0.3 is 0 Å². The van der Waals surface area contributed by atoms with E-state index in [-0.39, 0.29) is 22.8 Å². The van der Waals surface area contributed by atoms with Crippen molar-refractivity contribution in [3.05, 3.63) is 39.4 Å². The van der Waals surface area contributed by atoms with Gasteiger partial charge in [-0.05, 0) is 38.8 Å². The second-order valence-corrected chi connectivity index (χ2v) is 5.59. The molecule has 0 bridgehead atoms. The fourth-order valence-electron chi connectivity index (χ4n) is 3.02. The minimum absolute atomic E-state index is 0.155. The Balaban J connectivity index is 2.20. The number of likely N-dealkylation sites (tertiary alicyclic amines) is 1. The Bertz CT molecular complexity index is 488. The molecule has 1 aromatic rings. The molecule has 5 heteroatoms. The summed E-state index contributed by atoms with van der Waals surface area (Å²) >= 11 is 0. The van der Waals surface area contributed by atoms with Gasteiger partial charge in [0.25, 0.3) is 5.69 Å². The van der Waals surface area contributed by atoms with Crippen LogP contribution in [0, 0.1) is 17.0 Å². The van der Waals surface area contributed by atoms with Crippen molar-refractivity contribution in [1.29, 1.82) is 0 Å². The van der Waals surface area contributed by atoms with Gasteiger partial charge in [0.05, 0.1) is 11.0 Å². The lowest BCUT2D eigenvalue weighted by Crippen LogP contribution is -2.45. The molecule has 20 heavy (non-hydrogen) atoms. The monoisotopic (exact) mass is 278 g/mol. The van der Waals surface area contributed by atoms with Crippen molar-refractivity contribution >= 4 is 5.69 Å². The molecule has 1 N–H and O–H groups in total. The van der Waals surface area contributed by atoms with Gasteiger partial charge in [-0.15, -0.1) is 0 Å². The average Bonchev–Trinajstić information content (AvgIpc) is 2.41. The molecule has 1 saturated heterocycles. The van der Waals surface area contributed by atoms with Gasteiger partial charge in [-0.1, -0.05) is 18.6 Å². The summed E-state index contributed by atoms with van der Waals surface area (Å²) in [4.78, 5) is 12.9. The van der Waals surface area contributed by atoms with E-state index in [4.69, 9.17) is 0 Å². The van der Waals surface area contributed by atoms with Gasteiger partial charge in [0.2, 0.25) is 0 Å². The quantitative estimate of drug-likeness (QED) is 0.679. The summed E-state index contributed by atoms with van der Waals surface area (Å²) in [6.07, 6.45) is 2.89. The summed E-state index contributed by atoms with van der Waals surface area (Å²) in [7, 11) is 0. The van der Waals surface area contributed by atoms with Gasteiger partial charge in [0.15, 0.2) is 0 Å². The van der Waals surface area contributed by atoms with E-state index in [1.54, 1.807) is 19.1 Å². The van der Waals surface area contributed by atoms with Crippen LogP contribution in [0.25, 0.3) is 0 Å². The lowest BCUT2D eigenvalue weighted by Gasteiger charge is -2.37. The topological polar surface area (TPSA) is 66.6 Å². The van der Waals surface area contributed by atoms with Crippen LogP contribution in [0.15, 0.2) is 18.2 Å². The minimum Gasteiger partial charge on any atom is -0.392 e. The van der Waals surface area contributed by atoms with Gasteiger partial charge in [-0.3, -0.25) is 15.0 Å². The number of piperidine rings is 1. The summed E-state index contributed by atoms with van der Waals surface area (Å²) in [5.74, 6) is 0. The summed E-state index contributed by atoms with van der Waals surface area (Å²) in [6, 6.07) is 5.38. The van der Waals surface area contributed by atoms with Crippen LogP contribution >= 0.6 is 0 Å². The number of hydrogen-bond donors (Lipinski definition) is 1. The van der Waals surface area contributed by atoms with Crippen LogP contribution in [0.1, 0.15) is 37.3 Å². The lowest BCUT2D eigenvalue weighted by atomic mass is 9.96. The SMILES string of the molecule is Cc1c(CN2CCCC[C@H]2[C@H](C)O)cccc1[N+](=O)[O-]. The molecule has 1 aliphatic rings. The molecule has 0 aliphatic carbocycles. The molecule has 0 aromatic heterocycles. The number of benzene rings is 1. The second kappa shape index (κ2) is 6.33. The fraction of sp³-hybridized carbons (Fsp3) is 0.600. The molecule has 2 rings (SSSR count). The summed E-state index contributed by atoms with van der Waals surface area (Å²) in [5, 5.41) is 20.9. The summed E-state index contributed by atoms with van der Waals surface area (Å²) in [6.45, 7) is 5.23. The zero-order valence-corrected chi connectivity index (χ0v) is 12.1. The van der Waals surface area contributed by atoms with Crippen LogP contribution in [0.2, 0.25) is 0 Å². The van der Waals surface area contributed by atoms with Crippen molar-refractivity contribution in [2.24, 2.45) is 0 Å². The van der Waals surface area contributed by atoms with E-state index in [1.165, 1.54) is 0 Å². The highest BCUT2D eigenvalue weighted by molar-refractivity contribution is 5.44. The van der Waals surface area contributed by atoms with Crippen LogP contribution in [0.5, 0.6) is 0 Å². The molecule has 0 spiro atoms. The second-order valence-electron chi connectivity index (χ2n) is 5.59. The maximum atomic E-state index is 11.0. The standard InChI is InChI=1S/C15H22N2O3/c1-11-13(6-5-8-14(11)17(19)20)10-16-9-4-3-7-15(16)12(2)18/h5-6,8,12,15,18H,3-4,7,9-10H2,1-2H3/t12-,15-/m0/s1. The third kappa shape index (κ3) is 3.16. The van der Waals surface area contributed by atoms with Crippen LogP contribution in [0.4, 0.5) is 5.69 Å². The van der Waals surface area contributed by atoms with E-state index in [0.29, 0.717) is 6.54 Å². The molecule has 0 amide bonds. The van der Waals surface area contributed by atoms with E-state index in [0.717, 1.165) is 36.9 Å². The Labute approximate surface area is 119 Å². The van der Waals surface area contributed by atoms with Crippen molar-refractivity contribution in [2.45, 2.75) is 51.8 Å². The van der Waals surface area contributed by atoms with Crippen LogP contribution in [0.3, 0.4) is 0 Å². The summed E-state index contributed by atoms with van der Waals surface area (Å²) < 4.78 is 0. The van der Waals surface area contributed by atoms with Gasteiger partial charge in [-0.25, -0.2) is 0 Å². The van der Waals surface area contributed by atoms with E-state index in [2.05, 4.69) is 4.90 Å². The first-order valence-electron chi connectivity index (χ1n) is 7.15. The zero-order chi connectivity index (χ0) is 14.7. The van der Waals surface area contributed by atoms with Gasteiger partial charge in [-0.2, -0.15) is 0 Å². The summed E-state index contributed by atoms with van der Waals surface area (Å²) in [5.41, 5.74) is 1.88. The molecule has 0 saturated carbocycles. The first-order valence-corrected chi connectivity index (χ1v) is 7.15. The third-order valence-electron chi connectivity index (χ3n) is 4.21. The van der Waals surface area contributed by atoms with E-state index in [1.807, 2.05) is 13.0 Å². The number of nitro benzene ring substituents is 1. The van der Waals surface area contributed by atoms with Crippen molar-refractivity contribution < 1.29 is 10.0 Å². The molecule has 1 aromatic carbocycles. The minimum atomic E-state index is -0.366. The van der Waals surface area contributed by atoms with Crippen LogP contribution in [-0.2, 0) is 6.54 Å². The van der Waals surface area contributed by atoms with Crippen molar-refractivity contribution in [3.8, 4) is 0 Å². The molecule has 110 valence electrons. The molecule has 5 nitrogen and oxygen atoms in total. The molecule has 0 radical (unpaired) electrons. The Hall–Kier alpha value is -1.46. The van der Waals surface area contributed by atoms with Gasteiger partial charge in [0, 0.05) is 24.2 Å². The number of aliphatic hydroxyl groups is 1. The Kier molecular flexibility index (Phi) is 4.73. The van der Waals surface area contributed by atoms with Crippen molar-refractivity contribution in [2.75, 3.05) is 6.54 Å². The van der Waals surface area contributed by atoms with Crippen molar-refractivity contribution in [3.63, 3.8) is 0 Å². The molecule has 1 aliphatic heterocycles.